The van der Waals surface area contributed by atoms with Crippen molar-refractivity contribution in [2.24, 2.45) is 46.3 Å². The van der Waals surface area contributed by atoms with Crippen LogP contribution in [0.25, 0.3) is 0 Å². The van der Waals surface area contributed by atoms with E-state index in [1.165, 1.54) is 32.1 Å². The van der Waals surface area contributed by atoms with Crippen molar-refractivity contribution in [3.63, 3.8) is 0 Å². The zero-order valence-electron chi connectivity index (χ0n) is 19.3. The quantitative estimate of drug-likeness (QED) is 0.561. The summed E-state index contributed by atoms with van der Waals surface area (Å²) in [6, 6.07) is 0. The Balaban J connectivity index is 1.57. The van der Waals surface area contributed by atoms with Crippen molar-refractivity contribution in [1.82, 2.24) is 0 Å². The minimum Gasteiger partial charge on any atom is -0.389 e. The molecule has 0 saturated heterocycles. The molecule has 4 aliphatic rings. The lowest BCUT2D eigenvalue weighted by atomic mass is 9.46. The van der Waals surface area contributed by atoms with Gasteiger partial charge in [-0.05, 0) is 103 Å². The first-order valence-electron chi connectivity index (χ1n) is 12.3. The van der Waals surface area contributed by atoms with Crippen molar-refractivity contribution in [2.45, 2.75) is 92.1 Å². The number of carbonyl (C=O) groups excluding carboxylic acids is 1. The Morgan fingerprint density at radius 3 is 2.62 bits per heavy atom. The molecule has 3 saturated carbocycles. The van der Waals surface area contributed by atoms with Gasteiger partial charge in [0.2, 0.25) is 0 Å². The number of aliphatic hydroxyl groups is 1. The lowest BCUT2D eigenvalue weighted by molar-refractivity contribution is -0.119. The molecule has 0 spiro atoms. The van der Waals surface area contributed by atoms with Crippen molar-refractivity contribution in [1.29, 1.82) is 0 Å². The van der Waals surface area contributed by atoms with Gasteiger partial charge in [-0.15, -0.1) is 0 Å². The van der Waals surface area contributed by atoms with Gasteiger partial charge in [0, 0.05) is 6.42 Å². The number of hydrogen-bond acceptors (Lipinski definition) is 2. The van der Waals surface area contributed by atoms with E-state index in [0.717, 1.165) is 36.2 Å². The van der Waals surface area contributed by atoms with E-state index < -0.39 is 6.10 Å². The predicted octanol–water partition coefficient (Wildman–Crippen LogP) is 6.34. The van der Waals surface area contributed by atoms with Crippen molar-refractivity contribution < 1.29 is 9.90 Å². The van der Waals surface area contributed by atoms with Crippen LogP contribution in [0.2, 0.25) is 0 Å². The standard InChI is InChI=1S/C27H42O2/c1-17(2)7-6-8-18(3)21-9-10-22-20-16-25(29)24-15-19(28)11-13-27(24,5)23(20)12-14-26(21,22)4/h6,8,15,17-18,20-23,25,29H,7,9-14,16H2,1-5H3/b8-6+/t18?,20?,21-,22?,23?,25?,26-,27-/m1/s1. The molecule has 162 valence electrons. The van der Waals surface area contributed by atoms with E-state index in [0.29, 0.717) is 29.6 Å². The first-order chi connectivity index (χ1) is 13.7. The monoisotopic (exact) mass is 398 g/mol. The second kappa shape index (κ2) is 7.66. The highest BCUT2D eigenvalue weighted by Gasteiger charge is 2.60. The minimum absolute atomic E-state index is 0.0401. The number of fused-ring (bicyclic) bond motifs is 5. The Labute approximate surface area is 178 Å². The minimum atomic E-state index is -0.407. The number of rotatable bonds is 4. The predicted molar refractivity (Wildman–Crippen MR) is 119 cm³/mol. The molecule has 0 heterocycles. The Kier molecular flexibility index (Phi) is 5.64. The SMILES string of the molecule is CC(C)C/C=C/C(C)[C@H]1CCC2C3CC(O)C4=CC(=O)CC[C@]4(C)C3CC[C@@]21C. The van der Waals surface area contributed by atoms with E-state index in [1.807, 2.05) is 6.08 Å². The fourth-order valence-corrected chi connectivity index (χ4v) is 8.21. The van der Waals surface area contributed by atoms with Crippen LogP contribution in [0.4, 0.5) is 0 Å². The van der Waals surface area contributed by atoms with Gasteiger partial charge in [0.15, 0.2) is 5.78 Å². The first kappa shape index (κ1) is 21.3. The van der Waals surface area contributed by atoms with Crippen LogP contribution in [-0.4, -0.2) is 17.0 Å². The van der Waals surface area contributed by atoms with Gasteiger partial charge in [-0.1, -0.05) is 46.8 Å². The summed E-state index contributed by atoms with van der Waals surface area (Å²) in [5, 5.41) is 11.0. The molecule has 2 nitrogen and oxygen atoms in total. The van der Waals surface area contributed by atoms with E-state index in [-0.39, 0.29) is 11.2 Å². The maximum Gasteiger partial charge on any atom is 0.155 e. The summed E-state index contributed by atoms with van der Waals surface area (Å²) in [5.74, 6) is 4.37. The van der Waals surface area contributed by atoms with Crippen LogP contribution < -0.4 is 0 Å². The van der Waals surface area contributed by atoms with Crippen molar-refractivity contribution in [2.75, 3.05) is 0 Å². The summed E-state index contributed by atoms with van der Waals surface area (Å²) in [7, 11) is 0. The van der Waals surface area contributed by atoms with Gasteiger partial charge in [-0.3, -0.25) is 4.79 Å². The summed E-state index contributed by atoms with van der Waals surface area (Å²) in [6.45, 7) is 12.0. The van der Waals surface area contributed by atoms with Crippen LogP contribution in [0.1, 0.15) is 86.0 Å². The van der Waals surface area contributed by atoms with Crippen LogP contribution in [0, 0.1) is 46.3 Å². The summed E-state index contributed by atoms with van der Waals surface area (Å²) in [4.78, 5) is 12.1. The fraction of sp³-hybridized carbons (Fsp3) is 0.815. The number of carbonyl (C=O) groups is 1. The van der Waals surface area contributed by atoms with Gasteiger partial charge >= 0.3 is 0 Å². The van der Waals surface area contributed by atoms with E-state index in [9.17, 15) is 9.90 Å². The van der Waals surface area contributed by atoms with Gasteiger partial charge in [0.1, 0.15) is 0 Å². The van der Waals surface area contributed by atoms with Crippen molar-refractivity contribution in [3.05, 3.63) is 23.8 Å². The average Bonchev–Trinajstić information content (AvgIpc) is 3.00. The van der Waals surface area contributed by atoms with Crippen LogP contribution in [0.5, 0.6) is 0 Å². The van der Waals surface area contributed by atoms with Crippen molar-refractivity contribution >= 4 is 5.78 Å². The number of aliphatic hydroxyl groups excluding tert-OH is 1. The van der Waals surface area contributed by atoms with Crippen LogP contribution in [-0.2, 0) is 4.79 Å². The van der Waals surface area contributed by atoms with E-state index in [2.05, 4.69) is 46.8 Å². The highest BCUT2D eigenvalue weighted by Crippen LogP contribution is 2.67. The molecule has 2 heteroatoms. The second-order valence-corrected chi connectivity index (χ2v) is 11.8. The third-order valence-electron chi connectivity index (χ3n) is 9.73. The Morgan fingerprint density at radius 1 is 1.14 bits per heavy atom. The maximum absolute atomic E-state index is 12.1. The molecule has 29 heavy (non-hydrogen) atoms. The number of allylic oxidation sites excluding steroid dienone is 2. The zero-order valence-corrected chi connectivity index (χ0v) is 19.3. The summed E-state index contributed by atoms with van der Waals surface area (Å²) in [6.07, 6.45) is 15.2. The third kappa shape index (κ3) is 3.48. The molecule has 0 amide bonds. The molecule has 4 aliphatic carbocycles. The van der Waals surface area contributed by atoms with Gasteiger partial charge < -0.3 is 5.11 Å². The van der Waals surface area contributed by atoms with Crippen LogP contribution >= 0.6 is 0 Å². The molecule has 4 rings (SSSR count). The van der Waals surface area contributed by atoms with Crippen LogP contribution in [0.3, 0.4) is 0 Å². The molecule has 0 aromatic carbocycles. The Morgan fingerprint density at radius 2 is 1.90 bits per heavy atom. The smallest absolute Gasteiger partial charge is 0.155 e. The second-order valence-electron chi connectivity index (χ2n) is 11.8. The summed E-state index contributed by atoms with van der Waals surface area (Å²) in [5.41, 5.74) is 1.52. The topological polar surface area (TPSA) is 37.3 Å². The van der Waals surface area contributed by atoms with Gasteiger partial charge in [-0.25, -0.2) is 0 Å². The molecule has 0 radical (unpaired) electrons. The zero-order chi connectivity index (χ0) is 21.0. The molecule has 0 aromatic heterocycles. The van der Waals surface area contributed by atoms with Gasteiger partial charge in [0.05, 0.1) is 6.10 Å². The molecule has 1 N–H and O–H groups in total. The highest BCUT2D eigenvalue weighted by atomic mass is 16.3. The molecule has 5 unspecified atom stereocenters. The molecule has 3 fully saturated rings. The molecule has 0 aromatic rings. The molecular weight excluding hydrogens is 356 g/mol. The molecule has 0 bridgehead atoms. The van der Waals surface area contributed by atoms with Gasteiger partial charge in [0.25, 0.3) is 0 Å². The molecular formula is C27H42O2. The fourth-order valence-electron chi connectivity index (χ4n) is 8.21. The maximum atomic E-state index is 12.1. The van der Waals surface area contributed by atoms with E-state index in [1.54, 1.807) is 0 Å². The highest BCUT2D eigenvalue weighted by molar-refractivity contribution is 5.91. The molecule has 0 aliphatic heterocycles. The van der Waals surface area contributed by atoms with Crippen molar-refractivity contribution in [3.8, 4) is 0 Å². The molecule has 8 atom stereocenters. The number of hydrogen-bond donors (Lipinski definition) is 1. The van der Waals surface area contributed by atoms with Crippen LogP contribution in [0.15, 0.2) is 23.8 Å². The van der Waals surface area contributed by atoms with E-state index >= 15 is 0 Å². The first-order valence-corrected chi connectivity index (χ1v) is 12.3. The third-order valence-corrected chi connectivity index (χ3v) is 9.73. The lowest BCUT2D eigenvalue weighted by Crippen LogP contribution is -2.54. The number of ketones is 1. The lowest BCUT2D eigenvalue weighted by Gasteiger charge is -2.59. The van der Waals surface area contributed by atoms with E-state index in [4.69, 9.17) is 0 Å². The van der Waals surface area contributed by atoms with Gasteiger partial charge in [-0.2, -0.15) is 0 Å². The normalized spacial score (nSPS) is 45.7. The Bertz CT molecular complexity index is 703. The summed E-state index contributed by atoms with van der Waals surface area (Å²) >= 11 is 0. The largest absolute Gasteiger partial charge is 0.389 e. The Hall–Kier alpha value is -0.890. The summed E-state index contributed by atoms with van der Waals surface area (Å²) < 4.78 is 0. The average molecular weight is 399 g/mol.